The Labute approximate surface area is 137 Å². The summed E-state index contributed by atoms with van der Waals surface area (Å²) in [5.41, 5.74) is -0.156. The van der Waals surface area contributed by atoms with Crippen LogP contribution in [0.15, 0.2) is 12.1 Å². The molecule has 1 aromatic carbocycles. The summed E-state index contributed by atoms with van der Waals surface area (Å²) < 4.78 is 47.8. The Bertz CT molecular complexity index is 778. The van der Waals surface area contributed by atoms with Gasteiger partial charge in [-0.15, -0.1) is 0 Å². The van der Waals surface area contributed by atoms with Gasteiger partial charge in [0.2, 0.25) is 0 Å². The number of fused-ring (bicyclic) bond motifs is 3. The van der Waals surface area contributed by atoms with E-state index in [9.17, 15) is 18.3 Å². The van der Waals surface area contributed by atoms with Crippen molar-refractivity contribution in [2.45, 2.75) is 38.5 Å². The summed E-state index contributed by atoms with van der Waals surface area (Å²) in [6.45, 7) is 1.95. The van der Waals surface area contributed by atoms with Gasteiger partial charge in [0.15, 0.2) is 5.88 Å². The first-order valence-electron chi connectivity index (χ1n) is 8.24. The minimum atomic E-state index is -4.55. The van der Waals surface area contributed by atoms with Gasteiger partial charge in [-0.3, -0.25) is 0 Å². The molecule has 24 heavy (non-hydrogen) atoms. The zero-order chi connectivity index (χ0) is 16.9. The molecule has 0 saturated heterocycles. The molecule has 1 aromatic heterocycles. The average molecular weight is 340 g/mol. The molecular weight excluding hydrogens is 321 g/mol. The Morgan fingerprint density at radius 2 is 2.08 bits per heavy atom. The molecular formula is C17H19F3N2O2. The Morgan fingerprint density at radius 1 is 1.29 bits per heavy atom. The topological polar surface area (TPSA) is 46.4 Å². The Hall–Kier alpha value is -1.89. The Balaban J connectivity index is 1.83. The van der Waals surface area contributed by atoms with Crippen LogP contribution in [0.4, 0.5) is 13.2 Å². The van der Waals surface area contributed by atoms with E-state index in [1.165, 1.54) is 0 Å². The summed E-state index contributed by atoms with van der Waals surface area (Å²) in [5, 5.41) is 13.8. The lowest BCUT2D eigenvalue weighted by Crippen LogP contribution is -2.27. The normalized spacial score (nSPS) is 18.5. The number of ether oxygens (including phenoxy) is 1. The number of hydrogen-bond donors (Lipinski definition) is 2. The smallest absolute Gasteiger partial charge is 0.417 e. The van der Waals surface area contributed by atoms with Crippen LogP contribution in [0.3, 0.4) is 0 Å². The molecule has 1 aliphatic heterocycles. The zero-order valence-electron chi connectivity index (χ0n) is 13.1. The number of hydrogen-bond acceptors (Lipinski definition) is 3. The van der Waals surface area contributed by atoms with E-state index in [-0.39, 0.29) is 17.0 Å². The molecule has 0 radical (unpaired) electrons. The third kappa shape index (κ3) is 2.51. The van der Waals surface area contributed by atoms with Gasteiger partial charge in [-0.2, -0.15) is 13.2 Å². The maximum absolute atomic E-state index is 13.5. The molecule has 2 N–H and O–H groups in total. The van der Waals surface area contributed by atoms with E-state index in [4.69, 9.17) is 4.74 Å². The largest absolute Gasteiger partial charge is 0.494 e. The molecule has 0 bridgehead atoms. The molecule has 0 amide bonds. The average Bonchev–Trinajstić information content (AvgIpc) is 2.78. The van der Waals surface area contributed by atoms with Gasteiger partial charge < -0.3 is 19.7 Å². The highest BCUT2D eigenvalue weighted by atomic mass is 19.4. The van der Waals surface area contributed by atoms with Gasteiger partial charge in [-0.25, -0.2) is 0 Å². The second-order valence-corrected chi connectivity index (χ2v) is 6.60. The van der Waals surface area contributed by atoms with Crippen molar-refractivity contribution in [1.82, 2.24) is 9.88 Å². The molecule has 2 aliphatic rings. The fourth-order valence-corrected chi connectivity index (χ4v) is 3.50. The van der Waals surface area contributed by atoms with Gasteiger partial charge in [0.05, 0.1) is 17.6 Å². The van der Waals surface area contributed by atoms with Crippen molar-refractivity contribution in [3.63, 3.8) is 0 Å². The van der Waals surface area contributed by atoms with Crippen molar-refractivity contribution in [1.29, 1.82) is 0 Å². The van der Waals surface area contributed by atoms with Gasteiger partial charge >= 0.3 is 6.18 Å². The standard InChI is InChI=1S/C17H19F3N2O2/c18-17(19,20)13-7-11(24-9-10-2-1-3-10)6-12-14-8-21-4-5-22(14)16(23)15(12)13/h6-7,10,21,23H,1-5,8-9H2. The van der Waals surface area contributed by atoms with E-state index < -0.39 is 11.7 Å². The molecule has 130 valence electrons. The van der Waals surface area contributed by atoms with Gasteiger partial charge in [0, 0.05) is 30.7 Å². The summed E-state index contributed by atoms with van der Waals surface area (Å²) in [4.78, 5) is 0. The van der Waals surface area contributed by atoms with Crippen LogP contribution in [-0.4, -0.2) is 22.8 Å². The Kier molecular flexibility index (Phi) is 3.63. The highest BCUT2D eigenvalue weighted by molar-refractivity contribution is 5.95. The Morgan fingerprint density at radius 3 is 2.75 bits per heavy atom. The fraction of sp³-hybridized carbons (Fsp3) is 0.529. The van der Waals surface area contributed by atoms with Crippen molar-refractivity contribution in [2.75, 3.05) is 13.2 Å². The van der Waals surface area contributed by atoms with Crippen molar-refractivity contribution in [3.8, 4) is 11.6 Å². The van der Waals surface area contributed by atoms with E-state index >= 15 is 0 Å². The van der Waals surface area contributed by atoms with Crippen molar-refractivity contribution in [2.24, 2.45) is 5.92 Å². The quantitative estimate of drug-likeness (QED) is 0.897. The number of rotatable bonds is 3. The molecule has 2 aromatic rings. The number of alkyl halides is 3. The van der Waals surface area contributed by atoms with Crippen LogP contribution in [-0.2, 0) is 19.3 Å². The van der Waals surface area contributed by atoms with Crippen LogP contribution in [0.25, 0.3) is 10.8 Å². The van der Waals surface area contributed by atoms with E-state index in [2.05, 4.69) is 5.32 Å². The number of halogens is 3. The van der Waals surface area contributed by atoms with Gasteiger partial charge in [-0.05, 0) is 30.9 Å². The number of nitrogens with zero attached hydrogens (tertiary/aromatic N) is 1. The van der Waals surface area contributed by atoms with Crippen molar-refractivity contribution in [3.05, 3.63) is 23.4 Å². The minimum Gasteiger partial charge on any atom is -0.494 e. The van der Waals surface area contributed by atoms with Crippen molar-refractivity contribution < 1.29 is 23.0 Å². The summed E-state index contributed by atoms with van der Waals surface area (Å²) >= 11 is 0. The first kappa shape index (κ1) is 15.6. The second kappa shape index (κ2) is 5.58. The van der Waals surface area contributed by atoms with Crippen LogP contribution in [0.2, 0.25) is 0 Å². The first-order chi connectivity index (χ1) is 11.4. The first-order valence-corrected chi connectivity index (χ1v) is 8.24. The molecule has 2 heterocycles. The lowest BCUT2D eigenvalue weighted by Gasteiger charge is -2.25. The molecule has 4 nitrogen and oxygen atoms in total. The summed E-state index contributed by atoms with van der Waals surface area (Å²) in [5.74, 6) is 0.355. The molecule has 0 unspecified atom stereocenters. The zero-order valence-corrected chi connectivity index (χ0v) is 13.1. The van der Waals surface area contributed by atoms with Crippen molar-refractivity contribution >= 4 is 10.8 Å². The number of aromatic hydroxyl groups is 1. The minimum absolute atomic E-state index is 0.128. The van der Waals surface area contributed by atoms with E-state index in [0.29, 0.717) is 43.2 Å². The highest BCUT2D eigenvalue weighted by Crippen LogP contribution is 2.44. The number of nitrogens with one attached hydrogen (secondary N) is 1. The lowest BCUT2D eigenvalue weighted by molar-refractivity contribution is -0.136. The summed E-state index contributed by atoms with van der Waals surface area (Å²) in [6.07, 6.45) is -1.24. The molecule has 1 saturated carbocycles. The third-order valence-electron chi connectivity index (χ3n) is 5.05. The van der Waals surface area contributed by atoms with Crippen LogP contribution in [0.5, 0.6) is 11.6 Å². The van der Waals surface area contributed by atoms with E-state index in [1.807, 2.05) is 0 Å². The lowest BCUT2D eigenvalue weighted by atomic mass is 9.86. The van der Waals surface area contributed by atoms with Crippen LogP contribution in [0, 0.1) is 5.92 Å². The SMILES string of the molecule is Oc1c2c(C(F)(F)F)cc(OCC3CCC3)cc2c2n1CCNC2. The highest BCUT2D eigenvalue weighted by Gasteiger charge is 2.37. The molecule has 1 aliphatic carbocycles. The second-order valence-electron chi connectivity index (χ2n) is 6.60. The molecule has 1 fully saturated rings. The maximum Gasteiger partial charge on any atom is 0.417 e. The van der Waals surface area contributed by atoms with Gasteiger partial charge in [0.1, 0.15) is 5.75 Å². The van der Waals surface area contributed by atoms with Crippen LogP contribution < -0.4 is 10.1 Å². The molecule has 7 heteroatoms. The van der Waals surface area contributed by atoms with Gasteiger partial charge in [0.25, 0.3) is 0 Å². The maximum atomic E-state index is 13.5. The molecule has 0 spiro atoms. The third-order valence-corrected chi connectivity index (χ3v) is 5.05. The predicted molar refractivity (Wildman–Crippen MR) is 83.1 cm³/mol. The summed E-state index contributed by atoms with van der Waals surface area (Å²) in [7, 11) is 0. The van der Waals surface area contributed by atoms with E-state index in [0.717, 1.165) is 25.3 Å². The fourth-order valence-electron chi connectivity index (χ4n) is 3.50. The van der Waals surface area contributed by atoms with Crippen LogP contribution in [0.1, 0.15) is 30.5 Å². The summed E-state index contributed by atoms with van der Waals surface area (Å²) in [6, 6.07) is 2.64. The van der Waals surface area contributed by atoms with Gasteiger partial charge in [-0.1, -0.05) is 6.42 Å². The number of benzene rings is 1. The predicted octanol–water partition coefficient (Wildman–Crippen LogP) is 3.65. The monoisotopic (exact) mass is 340 g/mol. The number of aromatic nitrogens is 1. The molecule has 0 atom stereocenters. The molecule has 4 rings (SSSR count). The van der Waals surface area contributed by atoms with Crippen LogP contribution >= 0.6 is 0 Å². The van der Waals surface area contributed by atoms with E-state index in [1.54, 1.807) is 10.6 Å².